The maximum Gasteiger partial charge on any atom is 0.266 e. The van der Waals surface area contributed by atoms with Crippen molar-refractivity contribution in [1.82, 2.24) is 9.80 Å². The van der Waals surface area contributed by atoms with Crippen LogP contribution >= 0.6 is 11.6 Å². The second-order valence-electron chi connectivity index (χ2n) is 6.02. The zero-order valence-corrected chi connectivity index (χ0v) is 13.7. The van der Waals surface area contributed by atoms with Crippen LogP contribution in [-0.4, -0.2) is 54.5 Å². The lowest BCUT2D eigenvalue weighted by Crippen LogP contribution is -2.49. The summed E-state index contributed by atoms with van der Waals surface area (Å²) in [5.74, 6) is 0.692. The molecule has 1 heterocycles. The van der Waals surface area contributed by atoms with Crippen LogP contribution < -0.4 is 4.74 Å². The fraction of sp³-hybridized carbons (Fsp3) is 0.562. The molecule has 1 saturated heterocycles. The minimum absolute atomic E-state index is 0.0350. The van der Waals surface area contributed by atoms with Gasteiger partial charge in [0.2, 0.25) is 0 Å². The monoisotopic (exact) mass is 310 g/mol. The van der Waals surface area contributed by atoms with Crippen molar-refractivity contribution in [2.75, 3.05) is 33.2 Å². The highest BCUT2D eigenvalue weighted by atomic mass is 35.5. The van der Waals surface area contributed by atoms with E-state index in [0.717, 1.165) is 32.6 Å². The van der Waals surface area contributed by atoms with Gasteiger partial charge in [-0.2, -0.15) is 0 Å². The summed E-state index contributed by atoms with van der Waals surface area (Å²) >= 11 is 5.86. The van der Waals surface area contributed by atoms with Crippen LogP contribution in [0.2, 0.25) is 5.02 Å². The maximum absolute atomic E-state index is 12.7. The fourth-order valence-corrected chi connectivity index (χ4v) is 2.60. The molecule has 1 aliphatic rings. The number of carbonyl (C=O) groups is 1. The van der Waals surface area contributed by atoms with E-state index in [2.05, 4.69) is 11.9 Å². The second-order valence-corrected chi connectivity index (χ2v) is 6.45. The summed E-state index contributed by atoms with van der Waals surface area (Å²) in [5, 5.41) is 0.655. The molecule has 4 nitrogen and oxygen atoms in total. The van der Waals surface area contributed by atoms with E-state index in [1.54, 1.807) is 24.3 Å². The molecular formula is C16H23ClN2O2. The van der Waals surface area contributed by atoms with Crippen molar-refractivity contribution in [3.8, 4) is 5.75 Å². The molecule has 1 fully saturated rings. The molecule has 0 saturated carbocycles. The van der Waals surface area contributed by atoms with E-state index in [-0.39, 0.29) is 5.91 Å². The van der Waals surface area contributed by atoms with Gasteiger partial charge < -0.3 is 14.5 Å². The summed E-state index contributed by atoms with van der Waals surface area (Å²) in [6, 6.07) is 7.10. The number of halogens is 1. The number of nitrogens with zero attached hydrogens (tertiary/aromatic N) is 2. The molecule has 0 N–H and O–H groups in total. The van der Waals surface area contributed by atoms with Gasteiger partial charge in [0, 0.05) is 24.7 Å². The van der Waals surface area contributed by atoms with Crippen molar-refractivity contribution in [2.45, 2.75) is 25.9 Å². The Labute approximate surface area is 131 Å². The van der Waals surface area contributed by atoms with Gasteiger partial charge in [0.05, 0.1) is 0 Å². The smallest absolute Gasteiger partial charge is 0.266 e. The number of amides is 1. The molecule has 5 heteroatoms. The molecular weight excluding hydrogens is 288 g/mol. The number of likely N-dealkylation sites (N-methyl/N-ethyl adjacent to an activating group) is 1. The zero-order chi connectivity index (χ0) is 15.5. The summed E-state index contributed by atoms with van der Waals surface area (Å²) in [6.45, 7) is 7.11. The predicted molar refractivity (Wildman–Crippen MR) is 84.9 cm³/mol. The molecule has 0 spiro atoms. The van der Waals surface area contributed by atoms with Crippen LogP contribution in [0.25, 0.3) is 0 Å². The first-order chi connectivity index (χ1) is 9.88. The summed E-state index contributed by atoms with van der Waals surface area (Å²) in [5.41, 5.74) is -0.878. The van der Waals surface area contributed by atoms with E-state index in [1.165, 1.54) is 0 Å². The normalized spacial score (nSPS) is 17.4. The summed E-state index contributed by atoms with van der Waals surface area (Å²) in [6.07, 6.45) is 0.999. The molecule has 116 valence electrons. The molecule has 1 amide bonds. The van der Waals surface area contributed by atoms with Gasteiger partial charge in [-0.25, -0.2) is 0 Å². The van der Waals surface area contributed by atoms with E-state index in [0.29, 0.717) is 10.8 Å². The van der Waals surface area contributed by atoms with E-state index < -0.39 is 5.60 Å². The Bertz CT molecular complexity index is 488. The zero-order valence-electron chi connectivity index (χ0n) is 12.9. The second kappa shape index (κ2) is 6.67. The highest BCUT2D eigenvalue weighted by Crippen LogP contribution is 2.22. The average Bonchev–Trinajstić information content (AvgIpc) is 2.65. The number of ether oxygens (including phenoxy) is 1. The van der Waals surface area contributed by atoms with Gasteiger partial charge in [-0.05, 0) is 58.1 Å². The molecule has 1 aromatic carbocycles. The average molecular weight is 311 g/mol. The first-order valence-corrected chi connectivity index (χ1v) is 7.69. The van der Waals surface area contributed by atoms with E-state index in [1.807, 2.05) is 18.7 Å². The fourth-order valence-electron chi connectivity index (χ4n) is 2.47. The van der Waals surface area contributed by atoms with E-state index in [4.69, 9.17) is 16.3 Å². The predicted octanol–water partition coefficient (Wildman–Crippen LogP) is 2.66. The van der Waals surface area contributed by atoms with Crippen molar-refractivity contribution >= 4 is 17.5 Å². The van der Waals surface area contributed by atoms with E-state index >= 15 is 0 Å². The third-order valence-corrected chi connectivity index (χ3v) is 3.96. The van der Waals surface area contributed by atoms with Crippen molar-refractivity contribution in [2.24, 2.45) is 0 Å². The molecule has 0 unspecified atom stereocenters. The van der Waals surface area contributed by atoms with Gasteiger partial charge in [0.15, 0.2) is 5.60 Å². The Kier molecular flexibility index (Phi) is 5.12. The lowest BCUT2D eigenvalue weighted by molar-refractivity contribution is -0.145. The van der Waals surface area contributed by atoms with Gasteiger partial charge in [-0.3, -0.25) is 4.79 Å². The van der Waals surface area contributed by atoms with Crippen LogP contribution in [0.4, 0.5) is 0 Å². The van der Waals surface area contributed by atoms with Crippen LogP contribution in [0.5, 0.6) is 5.75 Å². The van der Waals surface area contributed by atoms with Crippen LogP contribution in [0.3, 0.4) is 0 Å². The Morgan fingerprint density at radius 1 is 1.14 bits per heavy atom. The highest BCUT2D eigenvalue weighted by molar-refractivity contribution is 6.30. The van der Waals surface area contributed by atoms with Gasteiger partial charge >= 0.3 is 0 Å². The van der Waals surface area contributed by atoms with Crippen molar-refractivity contribution in [3.63, 3.8) is 0 Å². The van der Waals surface area contributed by atoms with Crippen molar-refractivity contribution in [1.29, 1.82) is 0 Å². The Morgan fingerprint density at radius 3 is 2.48 bits per heavy atom. The van der Waals surface area contributed by atoms with Gasteiger partial charge in [0.1, 0.15) is 5.75 Å². The van der Waals surface area contributed by atoms with Gasteiger partial charge in [-0.1, -0.05) is 11.6 Å². The standard InChI is InChI=1S/C16H23ClN2O2/c1-16(2,21-14-7-5-13(17)6-8-14)15(20)19-10-4-9-18(3)11-12-19/h5-8H,4,9-12H2,1-3H3. The maximum atomic E-state index is 12.7. The molecule has 0 aromatic heterocycles. The van der Waals surface area contributed by atoms with Gasteiger partial charge in [0.25, 0.3) is 5.91 Å². The van der Waals surface area contributed by atoms with Crippen molar-refractivity contribution in [3.05, 3.63) is 29.3 Å². The first kappa shape index (κ1) is 16.1. The van der Waals surface area contributed by atoms with Crippen LogP contribution in [0, 0.1) is 0 Å². The summed E-state index contributed by atoms with van der Waals surface area (Å²) in [7, 11) is 2.09. The molecule has 0 aliphatic carbocycles. The summed E-state index contributed by atoms with van der Waals surface area (Å²) in [4.78, 5) is 16.9. The highest BCUT2D eigenvalue weighted by Gasteiger charge is 2.34. The topological polar surface area (TPSA) is 32.8 Å². The van der Waals surface area contributed by atoms with Crippen LogP contribution in [0.1, 0.15) is 20.3 Å². The first-order valence-electron chi connectivity index (χ1n) is 7.31. The van der Waals surface area contributed by atoms with Crippen LogP contribution in [-0.2, 0) is 4.79 Å². The molecule has 21 heavy (non-hydrogen) atoms. The minimum atomic E-state index is -0.878. The number of hydrogen-bond acceptors (Lipinski definition) is 3. The number of hydrogen-bond donors (Lipinski definition) is 0. The van der Waals surface area contributed by atoms with E-state index in [9.17, 15) is 4.79 Å². The third kappa shape index (κ3) is 4.35. The molecule has 0 atom stereocenters. The number of rotatable bonds is 3. The number of benzene rings is 1. The van der Waals surface area contributed by atoms with Gasteiger partial charge in [-0.15, -0.1) is 0 Å². The molecule has 0 radical (unpaired) electrons. The molecule has 2 rings (SSSR count). The summed E-state index contributed by atoms with van der Waals surface area (Å²) < 4.78 is 5.88. The lowest BCUT2D eigenvalue weighted by Gasteiger charge is -2.31. The number of carbonyl (C=O) groups excluding carboxylic acids is 1. The minimum Gasteiger partial charge on any atom is -0.478 e. The molecule has 1 aliphatic heterocycles. The molecule has 0 bridgehead atoms. The van der Waals surface area contributed by atoms with Crippen molar-refractivity contribution < 1.29 is 9.53 Å². The Balaban J connectivity index is 2.03. The molecule has 1 aromatic rings. The third-order valence-electron chi connectivity index (χ3n) is 3.71. The SMILES string of the molecule is CN1CCCN(C(=O)C(C)(C)Oc2ccc(Cl)cc2)CC1. The lowest BCUT2D eigenvalue weighted by atomic mass is 10.1. The largest absolute Gasteiger partial charge is 0.478 e. The Morgan fingerprint density at radius 2 is 1.81 bits per heavy atom. The van der Waals surface area contributed by atoms with Crippen LogP contribution in [0.15, 0.2) is 24.3 Å². The Hall–Kier alpha value is -1.26. The quantitative estimate of drug-likeness (QED) is 0.860.